The van der Waals surface area contributed by atoms with E-state index in [9.17, 15) is 13.2 Å². The van der Waals surface area contributed by atoms with Gasteiger partial charge < -0.3 is 10.1 Å². The van der Waals surface area contributed by atoms with Gasteiger partial charge in [0.05, 0.1) is 6.10 Å². The lowest BCUT2D eigenvalue weighted by atomic mass is 10.2. The maximum Gasteiger partial charge on any atom is 0.262 e. The first-order valence-electron chi connectivity index (χ1n) is 8.56. The average molecular weight is 373 g/mol. The van der Waals surface area contributed by atoms with Crippen molar-refractivity contribution in [3.63, 3.8) is 0 Å². The van der Waals surface area contributed by atoms with E-state index in [0.717, 1.165) is 45.1 Å². The van der Waals surface area contributed by atoms with Crippen molar-refractivity contribution >= 4 is 27.3 Å². The van der Waals surface area contributed by atoms with Crippen molar-refractivity contribution in [2.24, 2.45) is 0 Å². The Kier molecular flexibility index (Phi) is 5.91. The summed E-state index contributed by atoms with van der Waals surface area (Å²) >= 11 is 1.18. The van der Waals surface area contributed by atoms with E-state index in [1.54, 1.807) is 11.4 Å². The summed E-state index contributed by atoms with van der Waals surface area (Å²) in [6, 6.07) is 1.55. The molecule has 1 aromatic rings. The normalized spacial score (nSPS) is 22.6. The molecule has 3 heterocycles. The molecule has 24 heavy (non-hydrogen) atoms. The standard InChI is InChI=1S/C16H24N2O4S2/c19-16(17-8-6-13-5-4-11-22-13)15-14(7-12-23-15)24(20,21)18-9-2-1-3-10-18/h7,12-13H,1-6,8-11H2,(H,17,19). The van der Waals surface area contributed by atoms with Crippen molar-refractivity contribution in [1.29, 1.82) is 0 Å². The van der Waals surface area contributed by atoms with E-state index in [1.165, 1.54) is 15.6 Å². The van der Waals surface area contributed by atoms with Crippen LogP contribution in [0, 0.1) is 0 Å². The van der Waals surface area contributed by atoms with Gasteiger partial charge in [0.15, 0.2) is 0 Å². The number of sulfonamides is 1. The van der Waals surface area contributed by atoms with Crippen LogP contribution in [0.2, 0.25) is 0 Å². The molecule has 2 aliphatic rings. The zero-order valence-corrected chi connectivity index (χ0v) is 15.3. The van der Waals surface area contributed by atoms with Crippen LogP contribution in [0.3, 0.4) is 0 Å². The van der Waals surface area contributed by atoms with Gasteiger partial charge in [0.25, 0.3) is 5.91 Å². The first kappa shape index (κ1) is 17.8. The third kappa shape index (κ3) is 3.99. The molecule has 2 aliphatic heterocycles. The number of carbonyl (C=O) groups excluding carboxylic acids is 1. The van der Waals surface area contributed by atoms with Crippen molar-refractivity contribution in [3.05, 3.63) is 16.3 Å². The van der Waals surface area contributed by atoms with Crippen molar-refractivity contribution in [2.45, 2.75) is 49.5 Å². The van der Waals surface area contributed by atoms with Crippen molar-refractivity contribution < 1.29 is 17.9 Å². The molecule has 1 N–H and O–H groups in total. The predicted molar refractivity (Wildman–Crippen MR) is 92.9 cm³/mol. The molecule has 0 bridgehead atoms. The van der Waals surface area contributed by atoms with Crippen LogP contribution in [0.25, 0.3) is 0 Å². The van der Waals surface area contributed by atoms with Crippen LogP contribution in [0.15, 0.2) is 16.3 Å². The summed E-state index contributed by atoms with van der Waals surface area (Å²) in [5.41, 5.74) is 0. The molecule has 3 rings (SSSR count). The number of thiophene rings is 1. The summed E-state index contributed by atoms with van der Waals surface area (Å²) in [5.74, 6) is -0.307. The Bertz CT molecular complexity index is 659. The van der Waals surface area contributed by atoms with Gasteiger partial charge in [-0.05, 0) is 43.6 Å². The van der Waals surface area contributed by atoms with E-state index in [0.29, 0.717) is 19.6 Å². The summed E-state index contributed by atoms with van der Waals surface area (Å²) in [6.45, 7) is 2.38. The van der Waals surface area contributed by atoms with Crippen molar-refractivity contribution in [2.75, 3.05) is 26.2 Å². The summed E-state index contributed by atoms with van der Waals surface area (Å²) < 4.78 is 32.6. The Morgan fingerprint density at radius 3 is 2.79 bits per heavy atom. The van der Waals surface area contributed by atoms with E-state index >= 15 is 0 Å². The van der Waals surface area contributed by atoms with Crippen LogP contribution < -0.4 is 5.32 Å². The smallest absolute Gasteiger partial charge is 0.262 e. The molecule has 2 saturated heterocycles. The van der Waals surface area contributed by atoms with E-state index in [1.807, 2.05) is 0 Å². The molecule has 1 amide bonds. The molecule has 1 atom stereocenters. The minimum Gasteiger partial charge on any atom is -0.378 e. The number of nitrogens with one attached hydrogen (secondary N) is 1. The molecule has 6 nitrogen and oxygen atoms in total. The molecule has 0 aromatic carbocycles. The second-order valence-corrected chi connectivity index (χ2v) is 9.08. The Hall–Kier alpha value is -0.960. The van der Waals surface area contributed by atoms with Crippen LogP contribution in [-0.2, 0) is 14.8 Å². The van der Waals surface area contributed by atoms with Crippen molar-refractivity contribution in [3.8, 4) is 0 Å². The van der Waals surface area contributed by atoms with Gasteiger partial charge in [-0.3, -0.25) is 4.79 Å². The summed E-state index contributed by atoms with van der Waals surface area (Å²) in [5, 5.41) is 4.51. The lowest BCUT2D eigenvalue weighted by molar-refractivity contribution is 0.0908. The SMILES string of the molecule is O=C(NCCC1CCCO1)c1sccc1S(=O)(=O)N1CCCCC1. The number of carbonyl (C=O) groups is 1. The van der Waals surface area contributed by atoms with Crippen molar-refractivity contribution in [1.82, 2.24) is 9.62 Å². The number of ether oxygens (including phenoxy) is 1. The van der Waals surface area contributed by atoms with E-state index < -0.39 is 10.0 Å². The average Bonchev–Trinajstić information content (AvgIpc) is 3.27. The van der Waals surface area contributed by atoms with E-state index in [-0.39, 0.29) is 21.8 Å². The quantitative estimate of drug-likeness (QED) is 0.831. The number of nitrogens with zero attached hydrogens (tertiary/aromatic N) is 1. The number of hydrogen-bond acceptors (Lipinski definition) is 5. The fourth-order valence-electron chi connectivity index (χ4n) is 3.21. The molecule has 0 radical (unpaired) electrons. The highest BCUT2D eigenvalue weighted by molar-refractivity contribution is 7.89. The fraction of sp³-hybridized carbons (Fsp3) is 0.688. The highest BCUT2D eigenvalue weighted by atomic mass is 32.2. The number of piperidine rings is 1. The number of hydrogen-bond donors (Lipinski definition) is 1. The molecular weight excluding hydrogens is 348 g/mol. The van der Waals surface area contributed by atoms with Gasteiger partial charge in [0.2, 0.25) is 10.0 Å². The first-order valence-corrected chi connectivity index (χ1v) is 10.9. The van der Waals surface area contributed by atoms with Gasteiger partial charge >= 0.3 is 0 Å². The lowest BCUT2D eigenvalue weighted by Crippen LogP contribution is -2.36. The lowest BCUT2D eigenvalue weighted by Gasteiger charge is -2.25. The maximum absolute atomic E-state index is 12.8. The van der Waals surface area contributed by atoms with Crippen LogP contribution in [0.5, 0.6) is 0 Å². The monoisotopic (exact) mass is 372 g/mol. The Morgan fingerprint density at radius 1 is 1.29 bits per heavy atom. The van der Waals surface area contributed by atoms with Crippen LogP contribution in [0.1, 0.15) is 48.2 Å². The molecule has 8 heteroatoms. The Balaban J connectivity index is 1.64. The third-order valence-corrected chi connectivity index (χ3v) is 7.53. The Morgan fingerprint density at radius 2 is 2.08 bits per heavy atom. The van der Waals surface area contributed by atoms with Gasteiger partial charge in [-0.15, -0.1) is 11.3 Å². The highest BCUT2D eigenvalue weighted by Crippen LogP contribution is 2.27. The summed E-state index contributed by atoms with van der Waals surface area (Å²) in [7, 11) is -3.58. The zero-order chi connectivity index (χ0) is 17.0. The minimum atomic E-state index is -3.58. The van der Waals surface area contributed by atoms with Gasteiger partial charge in [0, 0.05) is 26.2 Å². The van der Waals surface area contributed by atoms with Gasteiger partial charge in [-0.1, -0.05) is 6.42 Å². The van der Waals surface area contributed by atoms with Crippen LogP contribution >= 0.6 is 11.3 Å². The van der Waals surface area contributed by atoms with E-state index in [2.05, 4.69) is 5.32 Å². The molecule has 1 unspecified atom stereocenters. The Labute approximate surface area is 147 Å². The molecule has 0 spiro atoms. The highest BCUT2D eigenvalue weighted by Gasteiger charge is 2.31. The largest absolute Gasteiger partial charge is 0.378 e. The molecule has 2 fully saturated rings. The second kappa shape index (κ2) is 7.95. The summed E-state index contributed by atoms with van der Waals surface area (Å²) in [4.78, 5) is 12.8. The van der Waals surface area contributed by atoms with Gasteiger partial charge in [-0.2, -0.15) is 4.31 Å². The number of amides is 1. The fourth-order valence-corrected chi connectivity index (χ4v) is 6.04. The third-order valence-electron chi connectivity index (χ3n) is 4.54. The molecule has 0 aliphatic carbocycles. The molecule has 134 valence electrons. The number of rotatable bonds is 6. The predicted octanol–water partition coefficient (Wildman–Crippen LogP) is 2.22. The second-order valence-electron chi connectivity index (χ2n) is 6.26. The first-order chi connectivity index (χ1) is 11.6. The minimum absolute atomic E-state index is 0.143. The summed E-state index contributed by atoms with van der Waals surface area (Å²) in [6.07, 6.45) is 5.91. The maximum atomic E-state index is 12.8. The topological polar surface area (TPSA) is 75.7 Å². The molecular formula is C16H24N2O4S2. The van der Waals surface area contributed by atoms with Crippen LogP contribution in [0.4, 0.5) is 0 Å². The molecule has 0 saturated carbocycles. The van der Waals surface area contributed by atoms with Crippen LogP contribution in [-0.4, -0.2) is 51.0 Å². The van der Waals surface area contributed by atoms with Gasteiger partial charge in [-0.25, -0.2) is 8.42 Å². The van der Waals surface area contributed by atoms with E-state index in [4.69, 9.17) is 4.74 Å². The molecule has 1 aromatic heterocycles. The van der Waals surface area contributed by atoms with Gasteiger partial charge in [0.1, 0.15) is 9.77 Å². The zero-order valence-electron chi connectivity index (χ0n) is 13.7.